The molecule has 116 valence electrons. The fourth-order valence-corrected chi connectivity index (χ4v) is 1.91. The molecule has 1 unspecified atom stereocenters. The van der Waals surface area contributed by atoms with Gasteiger partial charge in [-0.15, -0.1) is 0 Å². The van der Waals surface area contributed by atoms with E-state index < -0.39 is 6.04 Å². The van der Waals surface area contributed by atoms with E-state index in [1.54, 1.807) is 18.2 Å². The first-order valence-corrected chi connectivity index (χ1v) is 6.85. The van der Waals surface area contributed by atoms with Gasteiger partial charge in [-0.1, -0.05) is 13.8 Å². The number of carbonyl (C=O) groups excluding carboxylic acids is 2. The Morgan fingerprint density at radius 2 is 1.95 bits per heavy atom. The first-order valence-electron chi connectivity index (χ1n) is 6.85. The number of rotatable bonds is 6. The van der Waals surface area contributed by atoms with Crippen LogP contribution in [0, 0.1) is 5.92 Å². The molecule has 2 amide bonds. The van der Waals surface area contributed by atoms with Crippen LogP contribution in [-0.2, 0) is 9.59 Å². The molecule has 0 radical (unpaired) electrons. The minimum atomic E-state index is -0.550. The second-order valence-electron chi connectivity index (χ2n) is 5.32. The van der Waals surface area contributed by atoms with Crippen LogP contribution in [0.15, 0.2) is 18.2 Å². The predicted molar refractivity (Wildman–Crippen MR) is 83.4 cm³/mol. The third-order valence-corrected chi connectivity index (χ3v) is 2.84. The highest BCUT2D eigenvalue weighted by Crippen LogP contribution is 2.28. The van der Waals surface area contributed by atoms with Crippen LogP contribution in [-0.4, -0.2) is 25.0 Å². The van der Waals surface area contributed by atoms with E-state index in [9.17, 15) is 9.59 Å². The van der Waals surface area contributed by atoms with E-state index in [2.05, 4.69) is 10.6 Å². The summed E-state index contributed by atoms with van der Waals surface area (Å²) in [5.74, 6) is 0.393. The largest absolute Gasteiger partial charge is 0.494 e. The number of ether oxygens (including phenoxy) is 1. The topological polar surface area (TPSA) is 93.4 Å². The molecule has 0 saturated carbocycles. The molecule has 1 aromatic rings. The molecule has 21 heavy (non-hydrogen) atoms. The van der Waals surface area contributed by atoms with Gasteiger partial charge >= 0.3 is 0 Å². The average molecular weight is 293 g/mol. The molecule has 6 heteroatoms. The van der Waals surface area contributed by atoms with E-state index in [0.717, 1.165) is 0 Å². The monoisotopic (exact) mass is 293 g/mol. The second kappa shape index (κ2) is 7.64. The van der Waals surface area contributed by atoms with E-state index in [1.807, 2.05) is 13.8 Å². The number of benzene rings is 1. The Morgan fingerprint density at radius 1 is 1.29 bits per heavy atom. The lowest BCUT2D eigenvalue weighted by Crippen LogP contribution is -2.36. The quantitative estimate of drug-likeness (QED) is 0.747. The number of nitrogens with one attached hydrogen (secondary N) is 2. The molecule has 0 aromatic heterocycles. The van der Waals surface area contributed by atoms with Gasteiger partial charge in [0.2, 0.25) is 11.8 Å². The summed E-state index contributed by atoms with van der Waals surface area (Å²) in [6.45, 7) is 5.44. The summed E-state index contributed by atoms with van der Waals surface area (Å²) in [7, 11) is 1.50. The fourth-order valence-electron chi connectivity index (χ4n) is 1.91. The molecule has 0 bridgehead atoms. The Kier molecular flexibility index (Phi) is 6.17. The van der Waals surface area contributed by atoms with Crippen molar-refractivity contribution in [2.45, 2.75) is 33.2 Å². The summed E-state index contributed by atoms with van der Waals surface area (Å²) in [6.07, 6.45) is 0.618. The molecule has 1 rings (SSSR count). The van der Waals surface area contributed by atoms with Crippen LogP contribution in [0.3, 0.4) is 0 Å². The minimum Gasteiger partial charge on any atom is -0.494 e. The zero-order valence-electron chi connectivity index (χ0n) is 12.9. The number of amides is 2. The van der Waals surface area contributed by atoms with Crippen LogP contribution in [0.25, 0.3) is 0 Å². The van der Waals surface area contributed by atoms with Crippen molar-refractivity contribution in [2.24, 2.45) is 11.7 Å². The molecule has 0 aliphatic carbocycles. The molecule has 1 aromatic carbocycles. The Bertz CT molecular complexity index is 515. The van der Waals surface area contributed by atoms with Gasteiger partial charge in [0.25, 0.3) is 0 Å². The number of carbonyl (C=O) groups is 2. The normalized spacial score (nSPS) is 11.9. The number of hydrogen-bond acceptors (Lipinski definition) is 4. The van der Waals surface area contributed by atoms with Crippen LogP contribution >= 0.6 is 0 Å². The smallest absolute Gasteiger partial charge is 0.241 e. The summed E-state index contributed by atoms with van der Waals surface area (Å²) in [5.41, 5.74) is 6.96. The Morgan fingerprint density at radius 3 is 2.48 bits per heavy atom. The van der Waals surface area contributed by atoms with Gasteiger partial charge in [0, 0.05) is 18.7 Å². The molecule has 0 aliphatic heterocycles. The summed E-state index contributed by atoms with van der Waals surface area (Å²) < 4.78 is 5.20. The highest BCUT2D eigenvalue weighted by molar-refractivity contribution is 5.96. The average Bonchev–Trinajstić information content (AvgIpc) is 2.39. The molecule has 0 heterocycles. The molecule has 0 aliphatic rings. The number of nitrogens with two attached hydrogens (primary N) is 1. The Balaban J connectivity index is 2.80. The summed E-state index contributed by atoms with van der Waals surface area (Å²) in [5, 5.41) is 5.40. The second-order valence-corrected chi connectivity index (χ2v) is 5.32. The van der Waals surface area contributed by atoms with E-state index in [4.69, 9.17) is 10.5 Å². The minimum absolute atomic E-state index is 0.191. The van der Waals surface area contributed by atoms with E-state index in [0.29, 0.717) is 29.5 Å². The van der Waals surface area contributed by atoms with Crippen LogP contribution < -0.4 is 21.1 Å². The maximum atomic E-state index is 12.0. The van der Waals surface area contributed by atoms with Crippen molar-refractivity contribution < 1.29 is 14.3 Å². The van der Waals surface area contributed by atoms with Crippen LogP contribution in [0.2, 0.25) is 0 Å². The van der Waals surface area contributed by atoms with Gasteiger partial charge in [-0.3, -0.25) is 9.59 Å². The first-order chi connectivity index (χ1) is 9.83. The van der Waals surface area contributed by atoms with Crippen molar-refractivity contribution in [1.82, 2.24) is 0 Å². The molecule has 0 fully saturated rings. The van der Waals surface area contributed by atoms with Gasteiger partial charge in [0.15, 0.2) is 0 Å². The highest BCUT2D eigenvalue weighted by atomic mass is 16.5. The van der Waals surface area contributed by atoms with Crippen molar-refractivity contribution in [3.63, 3.8) is 0 Å². The van der Waals surface area contributed by atoms with Gasteiger partial charge in [-0.05, 0) is 24.5 Å². The summed E-state index contributed by atoms with van der Waals surface area (Å²) in [6, 6.07) is 4.45. The lowest BCUT2D eigenvalue weighted by atomic mass is 10.0. The Hall–Kier alpha value is -2.08. The van der Waals surface area contributed by atoms with E-state index >= 15 is 0 Å². The van der Waals surface area contributed by atoms with Crippen LogP contribution in [0.4, 0.5) is 11.4 Å². The van der Waals surface area contributed by atoms with Crippen molar-refractivity contribution in [3.8, 4) is 5.75 Å². The SMILES string of the molecule is COc1cc(NC(=O)C(N)CC(C)C)ccc1NC(C)=O. The van der Waals surface area contributed by atoms with Crippen LogP contribution in [0.5, 0.6) is 5.75 Å². The molecule has 6 nitrogen and oxygen atoms in total. The fraction of sp³-hybridized carbons (Fsp3) is 0.467. The first kappa shape index (κ1) is 17.0. The van der Waals surface area contributed by atoms with Gasteiger partial charge in [-0.25, -0.2) is 0 Å². The van der Waals surface area contributed by atoms with Crippen molar-refractivity contribution in [2.75, 3.05) is 17.7 Å². The van der Waals surface area contributed by atoms with E-state index in [1.165, 1.54) is 14.0 Å². The highest BCUT2D eigenvalue weighted by Gasteiger charge is 2.16. The molecule has 1 atom stereocenters. The zero-order chi connectivity index (χ0) is 16.0. The van der Waals surface area contributed by atoms with Gasteiger partial charge in [-0.2, -0.15) is 0 Å². The molecule has 0 saturated heterocycles. The third kappa shape index (κ3) is 5.43. The molecule has 0 spiro atoms. The molecular formula is C15H23N3O3. The van der Waals surface area contributed by atoms with Gasteiger partial charge in [0.1, 0.15) is 5.75 Å². The van der Waals surface area contributed by atoms with E-state index in [-0.39, 0.29) is 11.8 Å². The van der Waals surface area contributed by atoms with Crippen molar-refractivity contribution in [1.29, 1.82) is 0 Å². The van der Waals surface area contributed by atoms with Crippen molar-refractivity contribution >= 4 is 23.2 Å². The summed E-state index contributed by atoms with van der Waals surface area (Å²) in [4.78, 5) is 23.0. The van der Waals surface area contributed by atoms with Crippen molar-refractivity contribution in [3.05, 3.63) is 18.2 Å². The predicted octanol–water partition coefficient (Wildman–Crippen LogP) is 1.97. The standard InChI is InChI=1S/C15H23N3O3/c1-9(2)7-12(16)15(20)18-11-5-6-13(17-10(3)19)14(8-11)21-4/h5-6,8-9,12H,7,16H2,1-4H3,(H,17,19)(H,18,20). The molecular weight excluding hydrogens is 270 g/mol. The van der Waals surface area contributed by atoms with Gasteiger partial charge < -0.3 is 21.1 Å². The zero-order valence-corrected chi connectivity index (χ0v) is 12.9. The Labute approximate surface area is 125 Å². The maximum absolute atomic E-state index is 12.0. The molecule has 4 N–H and O–H groups in total. The number of hydrogen-bond donors (Lipinski definition) is 3. The third-order valence-electron chi connectivity index (χ3n) is 2.84. The maximum Gasteiger partial charge on any atom is 0.241 e. The summed E-state index contributed by atoms with van der Waals surface area (Å²) >= 11 is 0. The van der Waals surface area contributed by atoms with Crippen LogP contribution in [0.1, 0.15) is 27.2 Å². The number of anilines is 2. The lowest BCUT2D eigenvalue weighted by molar-refractivity contribution is -0.117. The van der Waals surface area contributed by atoms with Gasteiger partial charge in [0.05, 0.1) is 18.8 Å². The lowest BCUT2D eigenvalue weighted by Gasteiger charge is -2.15. The number of methoxy groups -OCH3 is 1.